The number of methoxy groups -OCH3 is 1. The number of hydrogen-bond acceptors (Lipinski definition) is 18. The molecule has 22 nitrogen and oxygen atoms in total. The van der Waals surface area contributed by atoms with Crippen LogP contribution in [0.1, 0.15) is 95.4 Å². The summed E-state index contributed by atoms with van der Waals surface area (Å²) in [6.07, 6.45) is 0.117. The highest BCUT2D eigenvalue weighted by Crippen LogP contribution is 2.25. The molecule has 0 aromatic rings. The van der Waals surface area contributed by atoms with Crippen LogP contribution in [0.5, 0.6) is 0 Å². The van der Waals surface area contributed by atoms with Gasteiger partial charge < -0.3 is 49.4 Å². The second kappa shape index (κ2) is 38.0. The van der Waals surface area contributed by atoms with E-state index in [2.05, 4.69) is 45.3 Å². The number of carbonyl (C=O) groups excluding carboxylic acids is 7. The highest BCUT2D eigenvalue weighted by Gasteiger charge is 2.38. The van der Waals surface area contributed by atoms with Gasteiger partial charge in [0.2, 0.25) is 35.4 Å². The molecule has 68 heavy (non-hydrogen) atoms. The summed E-state index contributed by atoms with van der Waals surface area (Å²) in [7, 11) is 1.55. The number of thioether (sulfide) groups is 1. The summed E-state index contributed by atoms with van der Waals surface area (Å²) in [5.41, 5.74) is 2.77. The molecule has 3 N–H and O–H groups in total. The zero-order chi connectivity index (χ0) is 51.4. The van der Waals surface area contributed by atoms with Crippen LogP contribution in [0.25, 0.3) is 0 Å². The van der Waals surface area contributed by atoms with Crippen LogP contribution < -0.4 is 16.0 Å². The summed E-state index contributed by atoms with van der Waals surface area (Å²) in [5.74, 6) is 0.174. The Hall–Kier alpha value is -4.87. The van der Waals surface area contributed by atoms with Gasteiger partial charge in [0.25, 0.3) is 0 Å². The molecule has 2 saturated heterocycles. The number of hydrogen-bond donors (Lipinski definition) is 3. The first-order valence-electron chi connectivity index (χ1n) is 23.1. The number of nitrogens with zero attached hydrogens (tertiary/aromatic N) is 5. The van der Waals surface area contributed by atoms with E-state index in [0.717, 1.165) is 17.1 Å². The summed E-state index contributed by atoms with van der Waals surface area (Å²) in [6.45, 7) is 25.3. The fraction of sp³-hybridized carbons (Fsp3) is 0.778. The first-order chi connectivity index (χ1) is 32.2. The van der Waals surface area contributed by atoms with E-state index in [1.807, 2.05) is 48.5 Å². The quantitative estimate of drug-likeness (QED) is 0.0389. The van der Waals surface area contributed by atoms with Crippen molar-refractivity contribution < 1.29 is 67.0 Å². The van der Waals surface area contributed by atoms with Crippen molar-refractivity contribution in [1.82, 2.24) is 25.8 Å². The molecule has 2 rings (SSSR count). The van der Waals surface area contributed by atoms with Crippen molar-refractivity contribution in [1.29, 1.82) is 0 Å². The molecule has 0 aliphatic carbocycles. The summed E-state index contributed by atoms with van der Waals surface area (Å²) < 4.78 is 20.4. The van der Waals surface area contributed by atoms with Gasteiger partial charge in [-0.3, -0.25) is 38.6 Å². The smallest absolute Gasteiger partial charge is 0.407 e. The lowest BCUT2D eigenvalue weighted by Gasteiger charge is -2.16. The Balaban J connectivity index is 0.00000123. The molecular weight excluding hydrogens is 909 g/mol. The average molecular weight is 989 g/mol. The Bertz CT molecular complexity index is 1630. The van der Waals surface area contributed by atoms with Crippen LogP contribution in [0.15, 0.2) is 15.5 Å². The van der Waals surface area contributed by atoms with Crippen molar-refractivity contribution in [2.45, 2.75) is 101 Å². The summed E-state index contributed by atoms with van der Waals surface area (Å²) in [5, 5.41) is 19.2. The molecule has 0 bridgehead atoms. The fourth-order valence-electron chi connectivity index (χ4n) is 4.85. The molecular formula is C45H80N8O14S. The molecule has 2 fully saturated rings. The van der Waals surface area contributed by atoms with Crippen LogP contribution >= 0.6 is 11.8 Å². The molecule has 0 aromatic carbocycles. The minimum Gasteiger partial charge on any atom is -0.447 e. The van der Waals surface area contributed by atoms with Gasteiger partial charge in [-0.2, -0.15) is 0 Å². The maximum Gasteiger partial charge on any atom is 0.407 e. The van der Waals surface area contributed by atoms with Gasteiger partial charge >= 0.3 is 6.09 Å². The molecule has 0 aromatic heterocycles. The Morgan fingerprint density at radius 3 is 1.51 bits per heavy atom. The lowest BCUT2D eigenvalue weighted by Crippen LogP contribution is -2.35. The average Bonchev–Trinajstić information content (AvgIpc) is 3.69. The molecule has 0 spiro atoms. The zero-order valence-corrected chi connectivity index (χ0v) is 43.3. The van der Waals surface area contributed by atoms with Crippen LogP contribution in [-0.2, 0) is 62.2 Å². The summed E-state index contributed by atoms with van der Waals surface area (Å²) in [4.78, 5) is 99.4. The maximum atomic E-state index is 12.6. The third-order valence-electron chi connectivity index (χ3n) is 9.81. The molecule has 2 aliphatic heterocycles. The highest BCUT2D eigenvalue weighted by molar-refractivity contribution is 8.00. The predicted octanol–water partition coefficient (Wildman–Crippen LogP) is 3.41. The second-order valence-electron chi connectivity index (χ2n) is 16.5. The number of amides is 7. The number of imide groups is 2. The van der Waals surface area contributed by atoms with Crippen molar-refractivity contribution in [3.8, 4) is 0 Å². The molecule has 2 heterocycles. The van der Waals surface area contributed by atoms with Crippen molar-refractivity contribution in [3.05, 3.63) is 0 Å². The molecule has 2 unspecified atom stereocenters. The molecule has 2 atom stereocenters. The number of rotatable bonds is 31. The number of nitrogens with one attached hydrogen (secondary N) is 3. The molecule has 0 radical (unpaired) electrons. The second-order valence-corrected chi connectivity index (χ2v) is 17.8. The molecule has 0 saturated carbocycles. The van der Waals surface area contributed by atoms with Crippen LogP contribution in [-0.4, -0.2) is 179 Å². The molecule has 2 aliphatic rings. The predicted molar refractivity (Wildman–Crippen MR) is 259 cm³/mol. The monoisotopic (exact) mass is 989 g/mol. The first kappa shape index (κ1) is 63.1. The largest absolute Gasteiger partial charge is 0.447 e. The van der Waals surface area contributed by atoms with Gasteiger partial charge in [0.05, 0.1) is 88.1 Å². The summed E-state index contributed by atoms with van der Waals surface area (Å²) in [6, 6.07) is 0. The first-order valence-corrected chi connectivity index (χ1v) is 24.1. The number of ether oxygens (including phenoxy) is 4. The van der Waals surface area contributed by atoms with Crippen LogP contribution in [0, 0.1) is 23.7 Å². The lowest BCUT2D eigenvalue weighted by atomic mass is 10.1. The molecule has 23 heteroatoms. The standard InChI is InChI=1S/C25H40N4O8S.C11H22N2O4.C9H18N2O2/c1-17(2)19(4)27-37-9-6-26-21(30)5-14-38-20-16-23(32)29(25(20)34)8-11-36-13-12-35-10-7-28-22(31)15-18(3)24(28)33;1-9(2)10(3)13-17-6-5-12-11(14)16-8-7-15-4;1-7(2)8(3)11-13-6-5-10-9(4)12/h17-18,20H,5-16H2,1-4H3,(H,26,30);9H,5-8H2,1-4H3,(H,12,14);7H,5-6H2,1-4H3,(H,10,12)/b27-19+;13-10+;11-8+. The van der Waals surface area contributed by atoms with E-state index in [-0.39, 0.29) is 113 Å². The number of likely N-dealkylation sites (tertiary alicyclic amines) is 2. The van der Waals surface area contributed by atoms with Gasteiger partial charge in [0.15, 0.2) is 0 Å². The van der Waals surface area contributed by atoms with E-state index in [1.165, 1.54) is 28.5 Å². The Morgan fingerprint density at radius 2 is 1.07 bits per heavy atom. The third kappa shape index (κ3) is 30.5. The van der Waals surface area contributed by atoms with E-state index in [0.29, 0.717) is 63.0 Å². The normalized spacial score (nSPS) is 16.4. The van der Waals surface area contributed by atoms with Crippen molar-refractivity contribution in [3.63, 3.8) is 0 Å². The minimum absolute atomic E-state index is 0.0480. The third-order valence-corrected chi connectivity index (χ3v) is 11.0. The van der Waals surface area contributed by atoms with E-state index in [4.69, 9.17) is 33.5 Å². The van der Waals surface area contributed by atoms with Gasteiger partial charge in [-0.25, -0.2) is 4.79 Å². The minimum atomic E-state index is -0.492. The lowest BCUT2D eigenvalue weighted by molar-refractivity contribution is -0.141. The van der Waals surface area contributed by atoms with E-state index >= 15 is 0 Å². The van der Waals surface area contributed by atoms with E-state index < -0.39 is 11.3 Å². The SMILES string of the molecule is C/C(=N\OCCNC(=O)CCSC1CC(=O)N(CCOCCOCCN2C(=O)CC(C)C2=O)C1=O)C(C)C.CC(=O)NCCO/N=C(\C)C(C)C.COCCOC(=O)NCCO/N=C(\C)C(C)C. The van der Waals surface area contributed by atoms with Crippen molar-refractivity contribution in [2.75, 3.05) is 105 Å². The topological polar surface area (TPSA) is 264 Å². The van der Waals surface area contributed by atoms with Crippen molar-refractivity contribution in [2.24, 2.45) is 39.1 Å². The maximum absolute atomic E-state index is 12.6. The van der Waals surface area contributed by atoms with Crippen LogP contribution in [0.3, 0.4) is 0 Å². The number of alkyl carbamates (subject to hydrolysis) is 1. The molecule has 7 amide bonds. The van der Waals surface area contributed by atoms with Gasteiger partial charge in [-0.05, 0) is 38.5 Å². The van der Waals surface area contributed by atoms with Gasteiger partial charge in [0.1, 0.15) is 26.4 Å². The van der Waals surface area contributed by atoms with Crippen LogP contribution in [0.2, 0.25) is 0 Å². The molecule has 390 valence electrons. The zero-order valence-electron chi connectivity index (χ0n) is 42.5. The van der Waals surface area contributed by atoms with E-state index in [9.17, 15) is 33.6 Å². The highest BCUT2D eigenvalue weighted by atomic mass is 32.2. The van der Waals surface area contributed by atoms with Crippen molar-refractivity contribution >= 4 is 70.4 Å². The number of oxime groups is 3. The van der Waals surface area contributed by atoms with Crippen LogP contribution in [0.4, 0.5) is 4.79 Å². The Kier molecular flexibility index (Phi) is 35.3. The van der Waals surface area contributed by atoms with Gasteiger partial charge in [-0.15, -0.1) is 11.8 Å². The van der Waals surface area contributed by atoms with Gasteiger partial charge in [0, 0.05) is 45.0 Å². The Labute approximate surface area is 407 Å². The fourth-order valence-corrected chi connectivity index (χ4v) is 5.97. The van der Waals surface area contributed by atoms with Gasteiger partial charge in [-0.1, -0.05) is 63.9 Å². The Morgan fingerprint density at radius 1 is 0.618 bits per heavy atom. The van der Waals surface area contributed by atoms with E-state index in [1.54, 1.807) is 14.0 Å². The summed E-state index contributed by atoms with van der Waals surface area (Å²) >= 11 is 1.30. The number of carbonyl (C=O) groups is 7.